The maximum absolute atomic E-state index is 12.6. The lowest BCUT2D eigenvalue weighted by Gasteiger charge is -2.29. The maximum Gasteiger partial charge on any atom is 0.407 e. The van der Waals surface area contributed by atoms with E-state index in [1.165, 1.54) is 16.2 Å². The molecular formula is C28H39N3O3S2. The Morgan fingerprint density at radius 2 is 1.89 bits per heavy atom. The molecule has 3 aromatic rings. The van der Waals surface area contributed by atoms with Gasteiger partial charge in [0.05, 0.1) is 22.4 Å². The molecule has 1 amide bonds. The number of amides is 1. The number of aromatic nitrogens is 1. The van der Waals surface area contributed by atoms with Crippen LogP contribution in [0.4, 0.5) is 9.93 Å². The third kappa shape index (κ3) is 9.30. The number of thioether (sulfide) groups is 1. The summed E-state index contributed by atoms with van der Waals surface area (Å²) in [5.41, 5.74) is 7.24. The van der Waals surface area contributed by atoms with Gasteiger partial charge in [-0.3, -0.25) is 0 Å². The minimum Gasteiger partial charge on any atom is -0.444 e. The van der Waals surface area contributed by atoms with Crippen molar-refractivity contribution in [2.24, 2.45) is 11.8 Å². The molecule has 196 valence electrons. The Morgan fingerprint density at radius 3 is 2.56 bits per heavy atom. The van der Waals surface area contributed by atoms with Gasteiger partial charge in [-0.15, -0.1) is 11.8 Å². The van der Waals surface area contributed by atoms with Crippen LogP contribution in [0.1, 0.15) is 53.0 Å². The molecule has 1 heterocycles. The highest BCUT2D eigenvalue weighted by molar-refractivity contribution is 7.99. The zero-order valence-corrected chi connectivity index (χ0v) is 23.5. The number of aliphatic hydroxyl groups excluding tert-OH is 1. The largest absolute Gasteiger partial charge is 0.444 e. The Bertz CT molecular complexity index is 1110. The number of fused-ring (bicyclic) bond motifs is 1. The predicted molar refractivity (Wildman–Crippen MR) is 152 cm³/mol. The van der Waals surface area contributed by atoms with Gasteiger partial charge in [0.1, 0.15) is 5.60 Å². The van der Waals surface area contributed by atoms with Gasteiger partial charge < -0.3 is 20.9 Å². The highest BCUT2D eigenvalue weighted by Gasteiger charge is 2.27. The monoisotopic (exact) mass is 529 g/mol. The van der Waals surface area contributed by atoms with Crippen LogP contribution in [-0.2, 0) is 11.2 Å². The SMILES string of the molecule is CC(C)CC(CSc1ccc2nc(N)sc2c1)C[C@@H](O)[C@H](Cc1ccccc1)NC(=O)OC(C)(C)C. The molecule has 2 aromatic carbocycles. The quantitative estimate of drug-likeness (QED) is 0.245. The highest BCUT2D eigenvalue weighted by atomic mass is 32.2. The number of carbonyl (C=O) groups is 1. The molecule has 0 aliphatic heterocycles. The first-order valence-corrected chi connectivity index (χ1v) is 14.3. The van der Waals surface area contributed by atoms with Crippen LogP contribution < -0.4 is 11.1 Å². The van der Waals surface area contributed by atoms with Crippen LogP contribution in [0.5, 0.6) is 0 Å². The fraction of sp³-hybridized carbons (Fsp3) is 0.500. The Hall–Kier alpha value is -2.29. The van der Waals surface area contributed by atoms with E-state index < -0.39 is 23.8 Å². The summed E-state index contributed by atoms with van der Waals surface area (Å²) in [6, 6.07) is 15.7. The second-order valence-corrected chi connectivity index (χ2v) is 12.9. The molecule has 4 N–H and O–H groups in total. The molecule has 0 fully saturated rings. The van der Waals surface area contributed by atoms with E-state index in [9.17, 15) is 9.90 Å². The molecule has 0 aliphatic rings. The average Bonchev–Trinajstić information content (AvgIpc) is 3.15. The molecule has 1 unspecified atom stereocenters. The summed E-state index contributed by atoms with van der Waals surface area (Å²) < 4.78 is 6.58. The number of hydrogen-bond donors (Lipinski definition) is 3. The maximum atomic E-state index is 12.6. The molecule has 0 radical (unpaired) electrons. The van der Waals surface area contributed by atoms with Crippen molar-refractivity contribution in [2.45, 2.75) is 76.5 Å². The minimum atomic E-state index is -0.703. The van der Waals surface area contributed by atoms with Crippen molar-refractivity contribution >= 4 is 44.5 Å². The number of rotatable bonds is 11. The van der Waals surface area contributed by atoms with E-state index in [1.807, 2.05) is 57.2 Å². The van der Waals surface area contributed by atoms with Gasteiger partial charge in [-0.2, -0.15) is 0 Å². The number of ether oxygens (including phenoxy) is 1. The molecule has 0 aliphatic carbocycles. The van der Waals surface area contributed by atoms with E-state index in [0.29, 0.717) is 23.9 Å². The second kappa shape index (κ2) is 12.8. The summed E-state index contributed by atoms with van der Waals surface area (Å²) in [6.45, 7) is 9.92. The number of nitrogens with zero attached hydrogens (tertiary/aromatic N) is 1. The number of anilines is 1. The molecule has 0 saturated heterocycles. The van der Waals surface area contributed by atoms with Crippen LogP contribution in [0.3, 0.4) is 0 Å². The summed E-state index contributed by atoms with van der Waals surface area (Å²) in [5, 5.41) is 14.9. The van der Waals surface area contributed by atoms with Crippen LogP contribution in [-0.4, -0.2) is 39.7 Å². The van der Waals surface area contributed by atoms with Crippen molar-refractivity contribution in [3.05, 3.63) is 54.1 Å². The zero-order chi connectivity index (χ0) is 26.3. The average molecular weight is 530 g/mol. The smallest absolute Gasteiger partial charge is 0.407 e. The molecule has 1 aromatic heterocycles. The fourth-order valence-corrected chi connectivity index (χ4v) is 6.16. The molecule has 0 saturated carbocycles. The number of thiazole rings is 1. The highest BCUT2D eigenvalue weighted by Crippen LogP contribution is 2.32. The van der Waals surface area contributed by atoms with Gasteiger partial charge in [-0.05, 0) is 75.6 Å². The van der Waals surface area contributed by atoms with Crippen LogP contribution in [0.2, 0.25) is 0 Å². The number of benzene rings is 2. The lowest BCUT2D eigenvalue weighted by molar-refractivity contribution is 0.0392. The topological polar surface area (TPSA) is 97.5 Å². The van der Waals surface area contributed by atoms with Gasteiger partial charge in [-0.1, -0.05) is 55.5 Å². The van der Waals surface area contributed by atoms with Crippen molar-refractivity contribution in [3.63, 3.8) is 0 Å². The Kier molecular flexibility index (Phi) is 10.0. The molecule has 36 heavy (non-hydrogen) atoms. The third-order valence-corrected chi connectivity index (χ3v) is 7.78. The number of alkyl carbamates (subject to hydrolysis) is 1. The van der Waals surface area contributed by atoms with E-state index in [2.05, 4.69) is 36.3 Å². The molecule has 0 bridgehead atoms. The number of carbonyl (C=O) groups excluding carboxylic acids is 1. The van der Waals surface area contributed by atoms with Crippen LogP contribution in [0, 0.1) is 11.8 Å². The minimum absolute atomic E-state index is 0.283. The van der Waals surface area contributed by atoms with Gasteiger partial charge in [-0.25, -0.2) is 9.78 Å². The van der Waals surface area contributed by atoms with E-state index in [0.717, 1.165) is 28.0 Å². The van der Waals surface area contributed by atoms with Crippen LogP contribution in [0.25, 0.3) is 10.2 Å². The Morgan fingerprint density at radius 1 is 1.17 bits per heavy atom. The van der Waals surface area contributed by atoms with Crippen molar-refractivity contribution in [3.8, 4) is 0 Å². The third-order valence-electron chi connectivity index (χ3n) is 5.71. The van der Waals surface area contributed by atoms with Gasteiger partial charge in [0, 0.05) is 10.6 Å². The first-order chi connectivity index (χ1) is 17.0. The molecule has 3 atom stereocenters. The van der Waals surface area contributed by atoms with Crippen molar-refractivity contribution < 1.29 is 14.6 Å². The van der Waals surface area contributed by atoms with Crippen molar-refractivity contribution in [1.82, 2.24) is 10.3 Å². The zero-order valence-electron chi connectivity index (χ0n) is 21.9. The first-order valence-electron chi connectivity index (χ1n) is 12.5. The molecular weight excluding hydrogens is 490 g/mol. The molecule has 6 nitrogen and oxygen atoms in total. The lowest BCUT2D eigenvalue weighted by Crippen LogP contribution is -2.47. The van der Waals surface area contributed by atoms with Crippen LogP contribution >= 0.6 is 23.1 Å². The molecule has 3 rings (SSSR count). The summed E-state index contributed by atoms with van der Waals surface area (Å²) >= 11 is 3.29. The number of nitrogens with two attached hydrogens (primary N) is 1. The predicted octanol–water partition coefficient (Wildman–Crippen LogP) is 6.52. The van der Waals surface area contributed by atoms with E-state index in [-0.39, 0.29) is 5.92 Å². The fourth-order valence-electron chi connectivity index (χ4n) is 4.24. The molecule has 8 heteroatoms. The normalized spacial score (nSPS) is 14.5. The Labute approximate surface area is 223 Å². The van der Waals surface area contributed by atoms with Crippen LogP contribution in [0.15, 0.2) is 53.4 Å². The summed E-state index contributed by atoms with van der Waals surface area (Å²) in [4.78, 5) is 18.1. The molecule has 0 spiro atoms. The number of aliphatic hydroxyl groups is 1. The van der Waals surface area contributed by atoms with E-state index >= 15 is 0 Å². The second-order valence-electron chi connectivity index (χ2n) is 10.7. The first kappa shape index (κ1) is 28.3. The van der Waals surface area contributed by atoms with Gasteiger partial charge in [0.25, 0.3) is 0 Å². The number of nitrogen functional groups attached to an aromatic ring is 1. The lowest BCUT2D eigenvalue weighted by atomic mass is 9.89. The van der Waals surface area contributed by atoms with E-state index in [4.69, 9.17) is 10.5 Å². The van der Waals surface area contributed by atoms with Crippen molar-refractivity contribution in [2.75, 3.05) is 11.5 Å². The number of hydrogen-bond acceptors (Lipinski definition) is 7. The summed E-state index contributed by atoms with van der Waals surface area (Å²) in [6.07, 6.45) is 0.908. The van der Waals surface area contributed by atoms with Gasteiger partial charge >= 0.3 is 6.09 Å². The van der Waals surface area contributed by atoms with E-state index in [1.54, 1.807) is 11.8 Å². The number of nitrogens with one attached hydrogen (secondary N) is 1. The summed E-state index contributed by atoms with van der Waals surface area (Å²) in [7, 11) is 0. The van der Waals surface area contributed by atoms with Gasteiger partial charge in [0.2, 0.25) is 0 Å². The Balaban J connectivity index is 1.70. The van der Waals surface area contributed by atoms with Gasteiger partial charge in [0.15, 0.2) is 5.13 Å². The standard InChI is InChI=1S/C28H39N3O3S2/c1-18(2)13-20(17-35-21-11-12-22-25(16-21)36-26(29)30-22)15-24(32)23(14-19-9-7-6-8-10-19)31-27(33)34-28(3,4)5/h6-12,16,18,20,23-24,32H,13-15,17H2,1-5H3,(H2,29,30)(H,31,33)/t20?,23-,24+/m0/s1. The van der Waals surface area contributed by atoms with Crippen molar-refractivity contribution in [1.29, 1.82) is 0 Å². The summed E-state index contributed by atoms with van der Waals surface area (Å²) in [5.74, 6) is 1.66.